The van der Waals surface area contributed by atoms with E-state index >= 15 is 0 Å². The van der Waals surface area contributed by atoms with Gasteiger partial charge in [-0.2, -0.15) is 0 Å². The minimum absolute atomic E-state index is 0.144. The smallest absolute Gasteiger partial charge is 0.0147 e. The summed E-state index contributed by atoms with van der Waals surface area (Å²) in [4.78, 5) is 0. The first-order chi connectivity index (χ1) is 8.24. The molecule has 0 heterocycles. The van der Waals surface area contributed by atoms with Gasteiger partial charge in [0.1, 0.15) is 0 Å². The average molecular weight is 370 g/mol. The van der Waals surface area contributed by atoms with Crippen LogP contribution in [0.1, 0.15) is 40.5 Å². The van der Waals surface area contributed by atoms with Crippen molar-refractivity contribution >= 4 is 31.9 Å². The van der Waals surface area contributed by atoms with Crippen LogP contribution in [-0.2, 0) is 0 Å². The maximum atomic E-state index is 3.70. The first kappa shape index (κ1) is 12.9. The molecule has 18 heavy (non-hydrogen) atoms. The Kier molecular flexibility index (Phi) is 2.68. The van der Waals surface area contributed by atoms with E-state index in [1.54, 1.807) is 11.1 Å². The van der Waals surface area contributed by atoms with Crippen molar-refractivity contribution in [2.75, 3.05) is 0 Å². The van der Waals surface area contributed by atoms with Gasteiger partial charge in [-0.15, -0.1) is 0 Å². The lowest BCUT2D eigenvalue weighted by atomic mass is 9.61. The highest BCUT2D eigenvalue weighted by Gasteiger charge is 2.46. The van der Waals surface area contributed by atoms with E-state index < -0.39 is 0 Å². The standard InChI is InChI=1S/C16H18Br2/c1-15(2)11-5-9(17)7-13(11)16(3,4)14-8-10(18)6-12(14)15/h5-6H,7-8H2,1-4H3. The van der Waals surface area contributed by atoms with Crippen molar-refractivity contribution in [1.82, 2.24) is 0 Å². The van der Waals surface area contributed by atoms with Crippen LogP contribution in [0.2, 0.25) is 0 Å². The molecule has 0 radical (unpaired) electrons. The highest BCUT2D eigenvalue weighted by molar-refractivity contribution is 9.12. The predicted molar refractivity (Wildman–Crippen MR) is 84.9 cm³/mol. The molecule has 0 aromatic rings. The second kappa shape index (κ2) is 3.73. The summed E-state index contributed by atoms with van der Waals surface area (Å²) in [6, 6.07) is 0. The Balaban J connectivity index is 2.22. The van der Waals surface area contributed by atoms with Gasteiger partial charge in [-0.3, -0.25) is 0 Å². The van der Waals surface area contributed by atoms with Gasteiger partial charge in [-0.1, -0.05) is 70.7 Å². The number of hydrogen-bond donors (Lipinski definition) is 0. The summed E-state index contributed by atoms with van der Waals surface area (Å²) in [7, 11) is 0. The third-order valence-corrected chi connectivity index (χ3v) is 5.82. The van der Waals surface area contributed by atoms with Crippen LogP contribution in [-0.4, -0.2) is 0 Å². The second-order valence-electron chi connectivity index (χ2n) is 6.57. The van der Waals surface area contributed by atoms with E-state index in [9.17, 15) is 0 Å². The van der Waals surface area contributed by atoms with Crippen LogP contribution in [0.3, 0.4) is 0 Å². The van der Waals surface area contributed by atoms with Crippen molar-refractivity contribution in [3.8, 4) is 0 Å². The van der Waals surface area contributed by atoms with E-state index in [1.807, 2.05) is 0 Å². The van der Waals surface area contributed by atoms with Crippen molar-refractivity contribution < 1.29 is 0 Å². The summed E-state index contributed by atoms with van der Waals surface area (Å²) in [5.41, 5.74) is 6.60. The number of allylic oxidation sites excluding steroid dienone is 8. The minimum Gasteiger partial charge on any atom is -0.0553 e. The summed E-state index contributed by atoms with van der Waals surface area (Å²) >= 11 is 7.40. The van der Waals surface area contributed by atoms with Gasteiger partial charge in [0.05, 0.1) is 0 Å². The van der Waals surface area contributed by atoms with Crippen LogP contribution in [0, 0.1) is 10.8 Å². The second-order valence-corrected chi connectivity index (χ2v) is 8.61. The fourth-order valence-electron chi connectivity index (χ4n) is 3.68. The molecule has 2 heteroatoms. The van der Waals surface area contributed by atoms with Crippen molar-refractivity contribution in [2.24, 2.45) is 10.8 Å². The zero-order valence-electron chi connectivity index (χ0n) is 11.3. The largest absolute Gasteiger partial charge is 0.0553 e. The lowest BCUT2D eigenvalue weighted by Gasteiger charge is -2.42. The molecule has 3 aliphatic rings. The van der Waals surface area contributed by atoms with E-state index in [2.05, 4.69) is 71.7 Å². The maximum Gasteiger partial charge on any atom is 0.0147 e. The molecule has 0 aliphatic heterocycles. The van der Waals surface area contributed by atoms with Gasteiger partial charge in [-0.25, -0.2) is 0 Å². The Labute approximate surface area is 126 Å². The molecule has 0 aromatic heterocycles. The Bertz CT molecular complexity index is 518. The molecule has 0 spiro atoms. The van der Waals surface area contributed by atoms with Crippen LogP contribution < -0.4 is 0 Å². The monoisotopic (exact) mass is 368 g/mol. The van der Waals surface area contributed by atoms with Gasteiger partial charge in [0, 0.05) is 23.7 Å². The predicted octanol–water partition coefficient (Wildman–Crippen LogP) is 6.01. The van der Waals surface area contributed by atoms with Crippen LogP contribution in [0.25, 0.3) is 0 Å². The highest BCUT2D eigenvalue weighted by Crippen LogP contribution is 2.60. The maximum absolute atomic E-state index is 3.70. The van der Waals surface area contributed by atoms with Crippen molar-refractivity contribution in [2.45, 2.75) is 40.5 Å². The van der Waals surface area contributed by atoms with Crippen LogP contribution >= 0.6 is 31.9 Å². The Morgan fingerprint density at radius 2 is 1.17 bits per heavy atom. The van der Waals surface area contributed by atoms with Crippen LogP contribution in [0.15, 0.2) is 43.4 Å². The molecule has 0 nitrogen and oxygen atoms in total. The van der Waals surface area contributed by atoms with Gasteiger partial charge in [0.2, 0.25) is 0 Å². The number of rotatable bonds is 0. The summed E-state index contributed by atoms with van der Waals surface area (Å²) in [6.45, 7) is 9.48. The summed E-state index contributed by atoms with van der Waals surface area (Å²) < 4.78 is 2.66. The molecule has 0 fully saturated rings. The van der Waals surface area contributed by atoms with Crippen molar-refractivity contribution in [3.63, 3.8) is 0 Å². The molecule has 0 N–H and O–H groups in total. The van der Waals surface area contributed by atoms with Crippen LogP contribution in [0.5, 0.6) is 0 Å². The quantitative estimate of drug-likeness (QED) is 0.490. The van der Waals surface area contributed by atoms with Gasteiger partial charge < -0.3 is 0 Å². The topological polar surface area (TPSA) is 0 Å². The highest BCUT2D eigenvalue weighted by atomic mass is 79.9. The van der Waals surface area contributed by atoms with Gasteiger partial charge in [0.25, 0.3) is 0 Å². The first-order valence-corrected chi connectivity index (χ1v) is 8.03. The molecule has 3 aliphatic carbocycles. The van der Waals surface area contributed by atoms with E-state index in [0.717, 1.165) is 12.8 Å². The lowest BCUT2D eigenvalue weighted by molar-refractivity contribution is 0.437. The molecule has 0 amide bonds. The number of halogens is 2. The van der Waals surface area contributed by atoms with E-state index in [0.29, 0.717) is 0 Å². The molecule has 3 rings (SSSR count). The van der Waals surface area contributed by atoms with E-state index in [-0.39, 0.29) is 10.8 Å². The summed E-state index contributed by atoms with van der Waals surface area (Å²) in [5.74, 6) is 0. The molecule has 0 atom stereocenters. The molecule has 96 valence electrons. The fourth-order valence-corrected chi connectivity index (χ4v) is 4.69. The molecule has 0 unspecified atom stereocenters. The van der Waals surface area contributed by atoms with E-state index in [4.69, 9.17) is 0 Å². The Morgan fingerprint density at radius 1 is 0.778 bits per heavy atom. The minimum atomic E-state index is 0.144. The normalized spacial score (nSPS) is 28.1. The summed E-state index contributed by atoms with van der Waals surface area (Å²) in [6.07, 6.45) is 6.86. The van der Waals surface area contributed by atoms with Gasteiger partial charge in [-0.05, 0) is 32.3 Å². The first-order valence-electron chi connectivity index (χ1n) is 6.45. The Morgan fingerprint density at radius 3 is 1.56 bits per heavy atom. The fraction of sp³-hybridized carbons (Fsp3) is 0.500. The molecule has 0 saturated carbocycles. The Hall–Kier alpha value is -0.0800. The summed E-state index contributed by atoms with van der Waals surface area (Å²) in [5, 5.41) is 0. The molecule has 0 saturated heterocycles. The number of hydrogen-bond acceptors (Lipinski definition) is 0. The zero-order valence-corrected chi connectivity index (χ0v) is 14.5. The van der Waals surface area contributed by atoms with Crippen LogP contribution in [0.4, 0.5) is 0 Å². The average Bonchev–Trinajstić information content (AvgIpc) is 2.81. The third-order valence-electron chi connectivity index (χ3n) is 4.80. The molecular formula is C16H18Br2. The van der Waals surface area contributed by atoms with Gasteiger partial charge >= 0.3 is 0 Å². The lowest BCUT2D eigenvalue weighted by Crippen LogP contribution is -2.30. The molecule has 0 aromatic carbocycles. The van der Waals surface area contributed by atoms with Crippen molar-refractivity contribution in [1.29, 1.82) is 0 Å². The SMILES string of the molecule is CC1(C)C2=C(CC(Br)=C2)C(C)(C)C2=C1C=C(Br)C2. The zero-order chi connectivity index (χ0) is 13.3. The van der Waals surface area contributed by atoms with Crippen molar-refractivity contribution in [3.05, 3.63) is 43.4 Å². The van der Waals surface area contributed by atoms with E-state index in [1.165, 1.54) is 20.1 Å². The van der Waals surface area contributed by atoms with Gasteiger partial charge in [0.15, 0.2) is 0 Å². The third kappa shape index (κ3) is 1.54. The molecular weight excluding hydrogens is 352 g/mol. The molecule has 0 bridgehead atoms.